The Bertz CT molecular complexity index is 1020. The summed E-state index contributed by atoms with van der Waals surface area (Å²) >= 11 is 1.38. The van der Waals surface area contributed by atoms with Crippen LogP contribution in [0.25, 0.3) is 0 Å². The van der Waals surface area contributed by atoms with Crippen LogP contribution in [0, 0.1) is 0 Å². The van der Waals surface area contributed by atoms with Gasteiger partial charge < -0.3 is 19.7 Å². The third-order valence-electron chi connectivity index (χ3n) is 4.63. The van der Waals surface area contributed by atoms with Crippen LogP contribution in [-0.4, -0.2) is 46.7 Å². The van der Waals surface area contributed by atoms with Gasteiger partial charge >= 0.3 is 0 Å². The second-order valence-corrected chi connectivity index (χ2v) is 7.52. The average molecular weight is 426 g/mol. The maximum Gasteiger partial charge on any atom is 0.234 e. The summed E-state index contributed by atoms with van der Waals surface area (Å²) < 4.78 is 12.7. The lowest BCUT2D eigenvalue weighted by Crippen LogP contribution is -2.14. The Balaban J connectivity index is 1.38. The van der Waals surface area contributed by atoms with Crippen molar-refractivity contribution in [3.8, 4) is 11.5 Å². The first-order valence-corrected chi connectivity index (χ1v) is 10.7. The molecule has 0 radical (unpaired) electrons. The number of anilines is 3. The molecule has 156 valence electrons. The van der Waals surface area contributed by atoms with Crippen molar-refractivity contribution in [2.75, 3.05) is 36.2 Å². The lowest BCUT2D eigenvalue weighted by atomic mass is 10.3. The first-order chi connectivity index (χ1) is 14.7. The Labute approximate surface area is 179 Å². The Hall–Kier alpha value is -3.20. The van der Waals surface area contributed by atoms with Gasteiger partial charge in [-0.3, -0.25) is 9.36 Å². The molecule has 1 aliphatic rings. The summed E-state index contributed by atoms with van der Waals surface area (Å²) in [6.07, 6.45) is 0. The van der Waals surface area contributed by atoms with Crippen molar-refractivity contribution in [1.82, 2.24) is 14.8 Å². The van der Waals surface area contributed by atoms with E-state index in [1.807, 2.05) is 54.0 Å². The number of fused-ring (bicyclic) bond motifs is 1. The van der Waals surface area contributed by atoms with E-state index < -0.39 is 0 Å². The summed E-state index contributed by atoms with van der Waals surface area (Å²) in [6.45, 7) is 4.19. The molecule has 0 spiro atoms. The summed E-state index contributed by atoms with van der Waals surface area (Å²) in [5, 5.41) is 12.2. The van der Waals surface area contributed by atoms with Crippen LogP contribution in [0.3, 0.4) is 0 Å². The third kappa shape index (κ3) is 4.35. The molecule has 4 rings (SSSR count). The Morgan fingerprint density at radius 2 is 1.97 bits per heavy atom. The van der Waals surface area contributed by atoms with Gasteiger partial charge in [0.25, 0.3) is 0 Å². The fraction of sp³-hybridized carbons (Fsp3) is 0.286. The normalized spacial score (nSPS) is 12.5. The van der Waals surface area contributed by atoms with Crippen LogP contribution in [0.2, 0.25) is 0 Å². The molecule has 0 atom stereocenters. The first kappa shape index (κ1) is 20.1. The molecule has 0 bridgehead atoms. The van der Waals surface area contributed by atoms with Crippen molar-refractivity contribution in [3.05, 3.63) is 48.5 Å². The predicted molar refractivity (Wildman–Crippen MR) is 117 cm³/mol. The highest BCUT2D eigenvalue weighted by molar-refractivity contribution is 7.99. The second kappa shape index (κ2) is 9.08. The maximum atomic E-state index is 12.3. The van der Waals surface area contributed by atoms with E-state index in [9.17, 15) is 4.79 Å². The van der Waals surface area contributed by atoms with Gasteiger partial charge in [-0.2, -0.15) is 0 Å². The third-order valence-corrected chi connectivity index (χ3v) is 5.60. The zero-order valence-corrected chi connectivity index (χ0v) is 17.7. The van der Waals surface area contributed by atoms with Gasteiger partial charge in [-0.1, -0.05) is 17.8 Å². The second-order valence-electron chi connectivity index (χ2n) is 6.58. The number of benzene rings is 2. The molecule has 9 heteroatoms. The van der Waals surface area contributed by atoms with E-state index in [1.165, 1.54) is 11.8 Å². The van der Waals surface area contributed by atoms with Crippen molar-refractivity contribution in [1.29, 1.82) is 0 Å². The molecule has 1 N–H and O–H groups in total. The molecule has 0 aliphatic carbocycles. The fourth-order valence-corrected chi connectivity index (χ4v) is 4.00. The minimum absolute atomic E-state index is 0.105. The number of methoxy groups -OCH3 is 1. The lowest BCUT2D eigenvalue weighted by Gasteiger charge is -2.15. The number of amides is 1. The number of hydrogen-bond acceptors (Lipinski definition) is 7. The van der Waals surface area contributed by atoms with E-state index in [0.29, 0.717) is 18.0 Å². The maximum absolute atomic E-state index is 12.3. The van der Waals surface area contributed by atoms with Crippen molar-refractivity contribution in [2.45, 2.75) is 18.6 Å². The molecule has 2 aromatic carbocycles. The molecule has 1 amide bonds. The molecule has 8 nitrogen and oxygen atoms in total. The molecule has 30 heavy (non-hydrogen) atoms. The quantitative estimate of drug-likeness (QED) is 0.553. The van der Waals surface area contributed by atoms with Gasteiger partial charge in [-0.05, 0) is 43.3 Å². The highest BCUT2D eigenvalue weighted by Gasteiger charge is 2.26. The number of carbonyl (C=O) groups is 1. The van der Waals surface area contributed by atoms with Gasteiger partial charge in [-0.25, -0.2) is 0 Å². The van der Waals surface area contributed by atoms with Crippen LogP contribution in [-0.2, 0) is 11.3 Å². The van der Waals surface area contributed by atoms with Gasteiger partial charge in [0.1, 0.15) is 11.5 Å². The van der Waals surface area contributed by atoms with E-state index in [-0.39, 0.29) is 11.7 Å². The minimum atomic E-state index is -0.105. The molecule has 0 fully saturated rings. The van der Waals surface area contributed by atoms with Crippen molar-refractivity contribution >= 4 is 35.0 Å². The van der Waals surface area contributed by atoms with Crippen LogP contribution in [0.1, 0.15) is 6.92 Å². The molecule has 1 aliphatic heterocycles. The van der Waals surface area contributed by atoms with E-state index in [4.69, 9.17) is 9.47 Å². The van der Waals surface area contributed by atoms with Gasteiger partial charge in [0.2, 0.25) is 11.9 Å². The molecule has 2 heterocycles. The number of rotatable bonds is 8. The number of thioether (sulfide) groups is 1. The highest BCUT2D eigenvalue weighted by atomic mass is 32.2. The lowest BCUT2D eigenvalue weighted by molar-refractivity contribution is -0.113. The fourth-order valence-electron chi connectivity index (χ4n) is 3.24. The number of nitrogens with zero attached hydrogens (tertiary/aromatic N) is 4. The van der Waals surface area contributed by atoms with E-state index >= 15 is 0 Å². The van der Waals surface area contributed by atoms with E-state index in [1.54, 1.807) is 13.2 Å². The van der Waals surface area contributed by atoms with Crippen LogP contribution >= 0.6 is 11.8 Å². The van der Waals surface area contributed by atoms with Gasteiger partial charge in [0, 0.05) is 30.5 Å². The number of nitrogens with one attached hydrogen (secondary N) is 1. The number of hydrogen-bond donors (Lipinski definition) is 1. The van der Waals surface area contributed by atoms with Gasteiger partial charge in [-0.15, -0.1) is 10.2 Å². The SMILES string of the molecule is CCOc1ccc(N2CCn3c(SCC(=O)Nc4cccc(OC)c4)nnc32)cc1. The Kier molecular flexibility index (Phi) is 6.08. The molecule has 0 unspecified atom stereocenters. The van der Waals surface area contributed by atoms with Gasteiger partial charge in [0.05, 0.1) is 19.5 Å². The summed E-state index contributed by atoms with van der Waals surface area (Å²) in [6, 6.07) is 15.2. The predicted octanol–water partition coefficient (Wildman–Crippen LogP) is 3.57. The molecule has 0 saturated heterocycles. The average Bonchev–Trinajstić information content (AvgIpc) is 3.36. The number of aromatic nitrogens is 3. The summed E-state index contributed by atoms with van der Waals surface area (Å²) in [5.41, 5.74) is 1.74. The zero-order chi connectivity index (χ0) is 20.9. The minimum Gasteiger partial charge on any atom is -0.497 e. The zero-order valence-electron chi connectivity index (χ0n) is 16.9. The molecular weight excluding hydrogens is 402 g/mol. The van der Waals surface area contributed by atoms with Crippen LogP contribution in [0.4, 0.5) is 17.3 Å². The van der Waals surface area contributed by atoms with E-state index in [2.05, 4.69) is 20.4 Å². The van der Waals surface area contributed by atoms with Gasteiger partial charge in [0.15, 0.2) is 5.16 Å². The topological polar surface area (TPSA) is 81.5 Å². The Morgan fingerprint density at radius 3 is 2.73 bits per heavy atom. The summed E-state index contributed by atoms with van der Waals surface area (Å²) in [4.78, 5) is 14.4. The Morgan fingerprint density at radius 1 is 1.13 bits per heavy atom. The summed E-state index contributed by atoms with van der Waals surface area (Å²) in [5.74, 6) is 2.48. The van der Waals surface area contributed by atoms with Crippen LogP contribution < -0.4 is 19.7 Å². The molecular formula is C21H23N5O3S. The molecule has 3 aromatic rings. The van der Waals surface area contributed by atoms with Crippen LogP contribution in [0.15, 0.2) is 53.7 Å². The number of carbonyl (C=O) groups excluding carboxylic acids is 1. The smallest absolute Gasteiger partial charge is 0.234 e. The molecule has 1 aromatic heterocycles. The standard InChI is InChI=1S/C21H23N5O3S/c1-3-29-17-9-7-16(8-10-17)25-11-12-26-20(25)23-24-21(26)30-14-19(27)22-15-5-4-6-18(13-15)28-2/h4-10,13H,3,11-12,14H2,1-2H3,(H,22,27). The van der Waals surface area contributed by atoms with E-state index in [0.717, 1.165) is 35.6 Å². The van der Waals surface area contributed by atoms with Crippen molar-refractivity contribution in [2.24, 2.45) is 0 Å². The largest absolute Gasteiger partial charge is 0.497 e. The van der Waals surface area contributed by atoms with Crippen molar-refractivity contribution < 1.29 is 14.3 Å². The first-order valence-electron chi connectivity index (χ1n) is 9.68. The van der Waals surface area contributed by atoms with Crippen LogP contribution in [0.5, 0.6) is 11.5 Å². The monoisotopic (exact) mass is 425 g/mol. The number of ether oxygens (including phenoxy) is 2. The van der Waals surface area contributed by atoms with Crippen molar-refractivity contribution in [3.63, 3.8) is 0 Å². The molecule has 0 saturated carbocycles. The highest BCUT2D eigenvalue weighted by Crippen LogP contribution is 2.33. The summed E-state index contributed by atoms with van der Waals surface area (Å²) in [7, 11) is 1.60.